The van der Waals surface area contributed by atoms with Crippen LogP contribution >= 0.6 is 23.2 Å². The number of carbonyl (C=O) groups is 1. The van der Waals surface area contributed by atoms with Crippen molar-refractivity contribution in [1.82, 2.24) is 0 Å². The molecule has 37 heavy (non-hydrogen) atoms. The number of furan rings is 1. The van der Waals surface area contributed by atoms with E-state index in [4.69, 9.17) is 27.6 Å². The van der Waals surface area contributed by atoms with E-state index in [1.165, 1.54) is 24.3 Å². The first-order valence-corrected chi connectivity index (χ1v) is 13.7. The maximum Gasteiger partial charge on any atom is 0.489 e. The van der Waals surface area contributed by atoms with Crippen molar-refractivity contribution in [2.45, 2.75) is 24.5 Å². The van der Waals surface area contributed by atoms with E-state index in [1.54, 1.807) is 30.3 Å². The Bertz CT molecular complexity index is 1630. The van der Waals surface area contributed by atoms with Gasteiger partial charge in [-0.3, -0.25) is 4.72 Å². The van der Waals surface area contributed by atoms with Gasteiger partial charge in [-0.2, -0.15) is 0 Å². The van der Waals surface area contributed by atoms with Gasteiger partial charge in [0.1, 0.15) is 16.9 Å². The Labute approximate surface area is 222 Å². The third kappa shape index (κ3) is 5.34. The van der Waals surface area contributed by atoms with Gasteiger partial charge in [-0.1, -0.05) is 35.3 Å². The van der Waals surface area contributed by atoms with Crippen LogP contribution in [0, 0.1) is 0 Å². The number of carboxylic acids is 1. The fourth-order valence-corrected chi connectivity index (χ4v) is 5.92. The molecule has 1 aliphatic carbocycles. The van der Waals surface area contributed by atoms with Crippen molar-refractivity contribution in [3.63, 3.8) is 0 Å². The fourth-order valence-electron chi connectivity index (χ4n) is 4.29. The molecule has 5 rings (SSSR count). The van der Waals surface area contributed by atoms with Crippen LogP contribution in [0.2, 0.25) is 10.0 Å². The second-order valence-electron chi connectivity index (χ2n) is 8.92. The summed E-state index contributed by atoms with van der Waals surface area (Å²) in [6.07, 6.45) is 1.70. The normalized spacial score (nSPS) is 13.6. The topological polar surface area (TPSA) is 137 Å². The zero-order chi connectivity index (χ0) is 26.5. The van der Waals surface area contributed by atoms with Gasteiger partial charge in [0, 0.05) is 32.5 Å². The first-order chi connectivity index (χ1) is 17.5. The molecule has 1 aliphatic rings. The molecular formula is C25H20BCl2NO7S. The molecule has 8 nitrogen and oxygen atoms in total. The maximum atomic E-state index is 13.1. The van der Waals surface area contributed by atoms with Crippen LogP contribution in [0.4, 0.5) is 5.69 Å². The predicted octanol–water partition coefficient (Wildman–Crippen LogP) is 4.60. The van der Waals surface area contributed by atoms with Gasteiger partial charge < -0.3 is 19.6 Å². The van der Waals surface area contributed by atoms with Gasteiger partial charge in [-0.05, 0) is 66.3 Å². The van der Waals surface area contributed by atoms with Gasteiger partial charge in [-0.25, -0.2) is 13.2 Å². The Morgan fingerprint density at radius 3 is 2.35 bits per heavy atom. The van der Waals surface area contributed by atoms with Crippen LogP contribution in [-0.4, -0.2) is 36.7 Å². The number of nitrogens with one attached hydrogen (secondary N) is 1. The van der Waals surface area contributed by atoms with Crippen molar-refractivity contribution in [2.24, 2.45) is 0 Å². The lowest BCUT2D eigenvalue weighted by molar-refractivity contribution is 0.0699. The van der Waals surface area contributed by atoms with Gasteiger partial charge in [0.05, 0.1) is 11.4 Å². The van der Waals surface area contributed by atoms with Gasteiger partial charge in [0.15, 0.2) is 0 Å². The predicted molar refractivity (Wildman–Crippen MR) is 143 cm³/mol. The zero-order valence-corrected chi connectivity index (χ0v) is 21.4. The zero-order valence-electron chi connectivity index (χ0n) is 19.1. The molecule has 0 spiro atoms. The number of anilines is 1. The van der Waals surface area contributed by atoms with E-state index in [0.717, 1.165) is 12.8 Å². The summed E-state index contributed by atoms with van der Waals surface area (Å²) >= 11 is 12.0. The van der Waals surface area contributed by atoms with E-state index in [9.17, 15) is 28.4 Å². The van der Waals surface area contributed by atoms with Gasteiger partial charge in [-0.15, -0.1) is 0 Å². The Hall–Kier alpha value is -3.02. The number of hydrogen-bond acceptors (Lipinski definition) is 6. The summed E-state index contributed by atoms with van der Waals surface area (Å²) in [4.78, 5) is 12.2. The lowest BCUT2D eigenvalue weighted by Gasteiger charge is -2.13. The molecule has 1 fully saturated rings. The molecule has 0 radical (unpaired) electrons. The van der Waals surface area contributed by atoms with Crippen LogP contribution < -0.4 is 10.2 Å². The molecule has 4 aromatic rings. The van der Waals surface area contributed by atoms with Crippen molar-refractivity contribution in [3.8, 4) is 11.3 Å². The van der Waals surface area contributed by atoms with Crippen molar-refractivity contribution >= 4 is 68.4 Å². The lowest BCUT2D eigenvalue weighted by Crippen LogP contribution is -2.30. The van der Waals surface area contributed by atoms with Crippen LogP contribution in [0.15, 0.2) is 59.0 Å². The van der Waals surface area contributed by atoms with Crippen LogP contribution in [-0.2, 0) is 15.8 Å². The SMILES string of the molecule is O=C(O)c1c(-c2ccc(Cl)cc2)oc2cc(NS(=O)(=O)Cc3ccc(B(O)O)c(Cl)c3)c(C3CC3)cc12. The molecule has 4 N–H and O–H groups in total. The van der Waals surface area contributed by atoms with Crippen LogP contribution in [0.1, 0.15) is 40.2 Å². The molecule has 0 atom stereocenters. The molecule has 190 valence electrons. The molecule has 12 heteroatoms. The number of fused-ring (bicyclic) bond motifs is 1. The third-order valence-electron chi connectivity index (χ3n) is 6.16. The van der Waals surface area contributed by atoms with Crippen molar-refractivity contribution in [1.29, 1.82) is 0 Å². The van der Waals surface area contributed by atoms with Crippen molar-refractivity contribution < 1.29 is 32.8 Å². The minimum absolute atomic E-state index is 0.00516. The minimum Gasteiger partial charge on any atom is -0.478 e. The first kappa shape index (κ1) is 25.6. The second kappa shape index (κ2) is 9.70. The molecule has 1 heterocycles. The second-order valence-corrected chi connectivity index (χ2v) is 11.5. The summed E-state index contributed by atoms with van der Waals surface area (Å²) in [7, 11) is -5.69. The van der Waals surface area contributed by atoms with Crippen LogP contribution in [0.25, 0.3) is 22.3 Å². The van der Waals surface area contributed by atoms with Crippen molar-refractivity contribution in [3.05, 3.63) is 81.3 Å². The molecule has 0 saturated heterocycles. The highest BCUT2D eigenvalue weighted by Crippen LogP contribution is 2.47. The standard InChI is InChI=1S/C25H20BCl2NO7S/c27-16-6-4-15(5-7-16)24-23(25(30)31)18-10-17(14-2-3-14)21(11-22(18)36-24)29-37(34,35)12-13-1-8-19(26(32)33)20(28)9-13/h1,4-11,14,29,32-33H,2-3,12H2,(H,30,31). The summed E-state index contributed by atoms with van der Waals surface area (Å²) < 4.78 is 34.7. The molecule has 0 unspecified atom stereocenters. The van der Waals surface area contributed by atoms with Crippen LogP contribution in [0.3, 0.4) is 0 Å². The Morgan fingerprint density at radius 1 is 1.05 bits per heavy atom. The fraction of sp³-hybridized carbons (Fsp3) is 0.160. The molecule has 1 saturated carbocycles. The van der Waals surface area contributed by atoms with Crippen LogP contribution in [0.5, 0.6) is 0 Å². The van der Waals surface area contributed by atoms with E-state index >= 15 is 0 Å². The Balaban J connectivity index is 1.54. The summed E-state index contributed by atoms with van der Waals surface area (Å²) in [5.41, 5.74) is 2.19. The van der Waals surface area contributed by atoms with E-state index in [1.807, 2.05) is 0 Å². The monoisotopic (exact) mass is 559 g/mol. The number of sulfonamides is 1. The number of aromatic carboxylic acids is 1. The molecule has 1 aromatic heterocycles. The van der Waals surface area contributed by atoms with E-state index in [-0.39, 0.29) is 33.3 Å². The quantitative estimate of drug-likeness (QED) is 0.231. The number of carboxylic acid groups (broad SMARTS) is 1. The number of hydrogen-bond donors (Lipinski definition) is 4. The molecule has 0 aliphatic heterocycles. The van der Waals surface area contributed by atoms with Gasteiger partial charge >= 0.3 is 13.1 Å². The van der Waals surface area contributed by atoms with E-state index in [0.29, 0.717) is 32.8 Å². The van der Waals surface area contributed by atoms with E-state index in [2.05, 4.69) is 4.72 Å². The summed E-state index contributed by atoms with van der Waals surface area (Å²) in [5.74, 6) is -1.32. The van der Waals surface area contributed by atoms with Crippen molar-refractivity contribution in [2.75, 3.05) is 4.72 Å². The summed E-state index contributed by atoms with van der Waals surface area (Å²) in [5, 5.41) is 29.5. The molecule has 0 amide bonds. The number of halogens is 2. The largest absolute Gasteiger partial charge is 0.489 e. The average Bonchev–Trinajstić information content (AvgIpc) is 3.58. The number of rotatable bonds is 8. The maximum absolute atomic E-state index is 13.1. The third-order valence-corrected chi connectivity index (χ3v) is 7.99. The highest BCUT2D eigenvalue weighted by Gasteiger charge is 2.31. The summed E-state index contributed by atoms with van der Waals surface area (Å²) in [6, 6.07) is 14.0. The highest BCUT2D eigenvalue weighted by molar-refractivity contribution is 7.91. The Morgan fingerprint density at radius 2 is 1.76 bits per heavy atom. The smallest absolute Gasteiger partial charge is 0.478 e. The first-order valence-electron chi connectivity index (χ1n) is 11.3. The highest BCUT2D eigenvalue weighted by atomic mass is 35.5. The molecular weight excluding hydrogens is 540 g/mol. The molecule has 0 bridgehead atoms. The van der Waals surface area contributed by atoms with E-state index < -0.39 is 28.9 Å². The van der Waals surface area contributed by atoms with Gasteiger partial charge in [0.2, 0.25) is 10.0 Å². The Kier molecular flexibility index (Phi) is 6.72. The average molecular weight is 560 g/mol. The van der Waals surface area contributed by atoms with Gasteiger partial charge in [0.25, 0.3) is 0 Å². The number of benzene rings is 3. The molecule has 3 aromatic carbocycles. The summed E-state index contributed by atoms with van der Waals surface area (Å²) in [6.45, 7) is 0. The minimum atomic E-state index is -3.92. The lowest BCUT2D eigenvalue weighted by atomic mass is 9.80.